The van der Waals surface area contributed by atoms with E-state index in [1.165, 1.54) is 5.56 Å². The molecule has 0 bridgehead atoms. The van der Waals surface area contributed by atoms with Crippen molar-refractivity contribution in [3.05, 3.63) is 29.8 Å². The van der Waals surface area contributed by atoms with Crippen molar-refractivity contribution in [2.45, 2.75) is 25.4 Å². The van der Waals surface area contributed by atoms with Crippen molar-refractivity contribution < 1.29 is 4.74 Å². The van der Waals surface area contributed by atoms with Gasteiger partial charge in [-0.3, -0.25) is 4.90 Å². The van der Waals surface area contributed by atoms with E-state index in [0.717, 1.165) is 38.2 Å². The van der Waals surface area contributed by atoms with E-state index in [4.69, 9.17) is 10.5 Å². The van der Waals surface area contributed by atoms with Crippen LogP contribution in [0.1, 0.15) is 18.4 Å². The number of piperidine rings is 1. The molecule has 0 aromatic heterocycles. The molecule has 0 saturated carbocycles. The van der Waals surface area contributed by atoms with Crippen molar-refractivity contribution in [3.63, 3.8) is 0 Å². The number of benzene rings is 1. The van der Waals surface area contributed by atoms with Crippen molar-refractivity contribution in [2.24, 2.45) is 5.73 Å². The standard InChI is InChI=1S/C13H20N2O/c1-16-13-5-3-2-4-11(13)10-15-8-6-12(14)7-9-15/h2-5,12H,6-10,14H2,1H3. The molecule has 3 nitrogen and oxygen atoms in total. The van der Waals surface area contributed by atoms with E-state index in [-0.39, 0.29) is 0 Å². The summed E-state index contributed by atoms with van der Waals surface area (Å²) in [5.41, 5.74) is 7.16. The quantitative estimate of drug-likeness (QED) is 0.841. The minimum absolute atomic E-state index is 0.397. The Kier molecular flexibility index (Phi) is 3.80. The Morgan fingerprint density at radius 2 is 2.00 bits per heavy atom. The second-order valence-corrected chi connectivity index (χ2v) is 4.43. The predicted molar refractivity (Wildman–Crippen MR) is 65.5 cm³/mol. The van der Waals surface area contributed by atoms with E-state index >= 15 is 0 Å². The monoisotopic (exact) mass is 220 g/mol. The van der Waals surface area contributed by atoms with Crippen molar-refractivity contribution in [3.8, 4) is 5.75 Å². The number of hydrogen-bond donors (Lipinski definition) is 1. The molecule has 0 spiro atoms. The molecule has 88 valence electrons. The van der Waals surface area contributed by atoms with Gasteiger partial charge < -0.3 is 10.5 Å². The fraction of sp³-hybridized carbons (Fsp3) is 0.538. The Morgan fingerprint density at radius 1 is 1.31 bits per heavy atom. The van der Waals surface area contributed by atoms with Crippen LogP contribution in [0.2, 0.25) is 0 Å². The number of hydrogen-bond acceptors (Lipinski definition) is 3. The second kappa shape index (κ2) is 5.32. The van der Waals surface area contributed by atoms with E-state index < -0.39 is 0 Å². The molecule has 1 aromatic rings. The topological polar surface area (TPSA) is 38.5 Å². The smallest absolute Gasteiger partial charge is 0.123 e. The van der Waals surface area contributed by atoms with Gasteiger partial charge in [-0.15, -0.1) is 0 Å². The van der Waals surface area contributed by atoms with Crippen LogP contribution < -0.4 is 10.5 Å². The molecule has 1 aliphatic heterocycles. The highest BCUT2D eigenvalue weighted by Crippen LogP contribution is 2.20. The van der Waals surface area contributed by atoms with Gasteiger partial charge in [-0.2, -0.15) is 0 Å². The third-order valence-corrected chi connectivity index (χ3v) is 3.22. The number of methoxy groups -OCH3 is 1. The number of rotatable bonds is 3. The number of para-hydroxylation sites is 1. The molecule has 1 aliphatic rings. The highest BCUT2D eigenvalue weighted by molar-refractivity contribution is 5.33. The first-order valence-electron chi connectivity index (χ1n) is 5.89. The van der Waals surface area contributed by atoms with Gasteiger partial charge in [0.1, 0.15) is 5.75 Å². The van der Waals surface area contributed by atoms with Gasteiger partial charge >= 0.3 is 0 Å². The SMILES string of the molecule is COc1ccccc1CN1CCC(N)CC1. The van der Waals surface area contributed by atoms with E-state index in [9.17, 15) is 0 Å². The molecule has 1 saturated heterocycles. The first-order valence-corrected chi connectivity index (χ1v) is 5.89. The first-order chi connectivity index (χ1) is 7.79. The second-order valence-electron chi connectivity index (χ2n) is 4.43. The third-order valence-electron chi connectivity index (χ3n) is 3.22. The zero-order chi connectivity index (χ0) is 11.4. The normalized spacial score (nSPS) is 18.6. The number of ether oxygens (including phenoxy) is 1. The average Bonchev–Trinajstić information content (AvgIpc) is 2.33. The zero-order valence-electron chi connectivity index (χ0n) is 9.86. The van der Waals surface area contributed by atoms with Crippen LogP contribution in [0.3, 0.4) is 0 Å². The summed E-state index contributed by atoms with van der Waals surface area (Å²) in [5, 5.41) is 0. The Labute approximate surface area is 97.2 Å². The van der Waals surface area contributed by atoms with Crippen molar-refractivity contribution in [1.29, 1.82) is 0 Å². The number of likely N-dealkylation sites (tertiary alicyclic amines) is 1. The van der Waals surface area contributed by atoms with Gasteiger partial charge in [-0.05, 0) is 32.0 Å². The van der Waals surface area contributed by atoms with E-state index in [1.54, 1.807) is 7.11 Å². The molecular formula is C13H20N2O. The fourth-order valence-corrected chi connectivity index (χ4v) is 2.19. The summed E-state index contributed by atoms with van der Waals surface area (Å²) in [4.78, 5) is 2.45. The van der Waals surface area contributed by atoms with E-state index in [0.29, 0.717) is 6.04 Å². The van der Waals surface area contributed by atoms with Gasteiger partial charge in [0.2, 0.25) is 0 Å². The maximum atomic E-state index is 5.90. The molecule has 1 fully saturated rings. The molecule has 16 heavy (non-hydrogen) atoms. The Morgan fingerprint density at radius 3 is 2.69 bits per heavy atom. The summed E-state index contributed by atoms with van der Waals surface area (Å²) in [6.45, 7) is 3.16. The summed E-state index contributed by atoms with van der Waals surface area (Å²) in [6, 6.07) is 8.62. The summed E-state index contributed by atoms with van der Waals surface area (Å²) in [7, 11) is 1.73. The van der Waals surface area contributed by atoms with Crippen LogP contribution in [0.4, 0.5) is 0 Å². The maximum absolute atomic E-state index is 5.90. The predicted octanol–water partition coefficient (Wildman–Crippen LogP) is 1.62. The van der Waals surface area contributed by atoms with Gasteiger partial charge in [0, 0.05) is 18.2 Å². The minimum atomic E-state index is 0.397. The minimum Gasteiger partial charge on any atom is -0.496 e. The molecule has 0 atom stereocenters. The molecular weight excluding hydrogens is 200 g/mol. The van der Waals surface area contributed by atoms with Gasteiger partial charge in [-0.25, -0.2) is 0 Å². The van der Waals surface area contributed by atoms with Gasteiger partial charge in [0.25, 0.3) is 0 Å². The van der Waals surface area contributed by atoms with Gasteiger partial charge in [0.15, 0.2) is 0 Å². The van der Waals surface area contributed by atoms with Crippen LogP contribution in [0.5, 0.6) is 5.75 Å². The van der Waals surface area contributed by atoms with Crippen LogP contribution in [-0.4, -0.2) is 31.1 Å². The summed E-state index contributed by atoms with van der Waals surface area (Å²) >= 11 is 0. The molecule has 1 aromatic carbocycles. The molecule has 2 N–H and O–H groups in total. The highest BCUT2D eigenvalue weighted by atomic mass is 16.5. The lowest BCUT2D eigenvalue weighted by molar-refractivity contribution is 0.203. The van der Waals surface area contributed by atoms with Crippen LogP contribution in [0, 0.1) is 0 Å². The van der Waals surface area contributed by atoms with Crippen LogP contribution in [-0.2, 0) is 6.54 Å². The highest BCUT2D eigenvalue weighted by Gasteiger charge is 2.16. The molecule has 0 aliphatic carbocycles. The third kappa shape index (κ3) is 2.74. The zero-order valence-corrected chi connectivity index (χ0v) is 9.86. The summed E-state index contributed by atoms with van der Waals surface area (Å²) in [5.74, 6) is 0.984. The lowest BCUT2D eigenvalue weighted by atomic mass is 10.1. The molecule has 3 heteroatoms. The maximum Gasteiger partial charge on any atom is 0.123 e. The van der Waals surface area contributed by atoms with E-state index in [1.807, 2.05) is 12.1 Å². The molecule has 2 rings (SSSR count). The molecule has 1 heterocycles. The number of nitrogens with zero attached hydrogens (tertiary/aromatic N) is 1. The Hall–Kier alpha value is -1.06. The van der Waals surface area contributed by atoms with Gasteiger partial charge in [0.05, 0.1) is 7.11 Å². The summed E-state index contributed by atoms with van der Waals surface area (Å²) in [6.07, 6.45) is 2.21. The van der Waals surface area contributed by atoms with Crippen molar-refractivity contribution in [1.82, 2.24) is 4.90 Å². The van der Waals surface area contributed by atoms with Gasteiger partial charge in [-0.1, -0.05) is 18.2 Å². The van der Waals surface area contributed by atoms with Crippen molar-refractivity contribution in [2.75, 3.05) is 20.2 Å². The van der Waals surface area contributed by atoms with Crippen LogP contribution in [0.25, 0.3) is 0 Å². The van der Waals surface area contributed by atoms with Crippen LogP contribution >= 0.6 is 0 Å². The van der Waals surface area contributed by atoms with Crippen LogP contribution in [0.15, 0.2) is 24.3 Å². The molecule has 0 unspecified atom stereocenters. The average molecular weight is 220 g/mol. The lowest BCUT2D eigenvalue weighted by Crippen LogP contribution is -2.39. The number of nitrogens with two attached hydrogens (primary N) is 1. The lowest BCUT2D eigenvalue weighted by Gasteiger charge is -2.30. The molecule has 0 radical (unpaired) electrons. The van der Waals surface area contributed by atoms with Crippen molar-refractivity contribution >= 4 is 0 Å². The largest absolute Gasteiger partial charge is 0.496 e. The first kappa shape index (κ1) is 11.4. The molecule has 0 amide bonds. The Bertz CT molecular complexity index is 332. The summed E-state index contributed by atoms with van der Waals surface area (Å²) < 4.78 is 5.36. The van der Waals surface area contributed by atoms with E-state index in [2.05, 4.69) is 17.0 Å². The fourth-order valence-electron chi connectivity index (χ4n) is 2.19. The Balaban J connectivity index is 1.98.